The molecule has 1 aliphatic heterocycles. The van der Waals surface area contributed by atoms with E-state index in [1.807, 2.05) is 6.92 Å². The van der Waals surface area contributed by atoms with Gasteiger partial charge in [0.25, 0.3) is 0 Å². The van der Waals surface area contributed by atoms with Crippen LogP contribution in [0.3, 0.4) is 0 Å². The first-order valence-electron chi connectivity index (χ1n) is 6.49. The Morgan fingerprint density at radius 3 is 2.35 bits per heavy atom. The van der Waals surface area contributed by atoms with E-state index in [1.54, 1.807) is 12.1 Å². The first kappa shape index (κ1) is 14.3. The molecule has 6 nitrogen and oxygen atoms in total. The second kappa shape index (κ2) is 5.92. The van der Waals surface area contributed by atoms with Gasteiger partial charge in [0, 0.05) is 24.4 Å². The third-order valence-electron chi connectivity index (χ3n) is 3.40. The number of hydrogen-bond donors (Lipinski definition) is 3. The molecule has 108 valence electrons. The van der Waals surface area contributed by atoms with Gasteiger partial charge in [-0.15, -0.1) is 0 Å². The van der Waals surface area contributed by atoms with Crippen molar-refractivity contribution in [3.8, 4) is 0 Å². The number of aromatic carboxylic acids is 1. The number of carboxylic acids is 1. The molecule has 0 bridgehead atoms. The Bertz CT molecular complexity index is 492. The van der Waals surface area contributed by atoms with Crippen LogP contribution in [0.4, 0.5) is 10.5 Å². The van der Waals surface area contributed by atoms with Gasteiger partial charge in [-0.05, 0) is 44.0 Å². The predicted octanol–water partition coefficient (Wildman–Crippen LogP) is 2.08. The number of carbonyl (C=O) groups excluding carboxylic acids is 1. The third-order valence-corrected chi connectivity index (χ3v) is 3.40. The van der Waals surface area contributed by atoms with Crippen molar-refractivity contribution in [2.45, 2.75) is 25.3 Å². The Balaban J connectivity index is 1.92. The van der Waals surface area contributed by atoms with Gasteiger partial charge in [0.05, 0.1) is 5.56 Å². The lowest BCUT2D eigenvalue weighted by Gasteiger charge is -2.34. The van der Waals surface area contributed by atoms with Crippen molar-refractivity contribution in [2.24, 2.45) is 0 Å². The number of urea groups is 1. The van der Waals surface area contributed by atoms with Crippen LogP contribution >= 0.6 is 0 Å². The highest BCUT2D eigenvalue weighted by Crippen LogP contribution is 2.20. The van der Waals surface area contributed by atoms with Crippen molar-refractivity contribution in [3.05, 3.63) is 29.8 Å². The van der Waals surface area contributed by atoms with E-state index in [1.165, 1.54) is 12.1 Å². The molecular formula is C14H18N2O4. The van der Waals surface area contributed by atoms with Crippen LogP contribution in [0.5, 0.6) is 0 Å². The summed E-state index contributed by atoms with van der Waals surface area (Å²) in [5.74, 6) is -0.990. The maximum absolute atomic E-state index is 11.9. The highest BCUT2D eigenvalue weighted by molar-refractivity contribution is 5.91. The van der Waals surface area contributed by atoms with Gasteiger partial charge < -0.3 is 20.5 Å². The number of carboxylic acid groups (broad SMARTS) is 1. The van der Waals surface area contributed by atoms with Crippen LogP contribution in [0.15, 0.2) is 24.3 Å². The highest BCUT2D eigenvalue weighted by Gasteiger charge is 2.28. The Morgan fingerprint density at radius 1 is 1.20 bits per heavy atom. The molecule has 3 N–H and O–H groups in total. The first-order chi connectivity index (χ1) is 9.48. The summed E-state index contributed by atoms with van der Waals surface area (Å²) in [6, 6.07) is 5.74. The van der Waals surface area contributed by atoms with Crippen LogP contribution in [-0.4, -0.2) is 35.9 Å². The maximum atomic E-state index is 11.9. The fourth-order valence-electron chi connectivity index (χ4n) is 2.08. The van der Waals surface area contributed by atoms with Crippen molar-refractivity contribution >= 4 is 17.7 Å². The Labute approximate surface area is 117 Å². The van der Waals surface area contributed by atoms with Crippen LogP contribution in [0.25, 0.3) is 0 Å². The normalized spacial score (nSPS) is 17.2. The highest BCUT2D eigenvalue weighted by atomic mass is 16.5. The molecule has 0 spiro atoms. The van der Waals surface area contributed by atoms with Crippen molar-refractivity contribution in [2.75, 3.05) is 18.5 Å². The monoisotopic (exact) mass is 278 g/mol. The molecule has 1 aliphatic rings. The van der Waals surface area contributed by atoms with Crippen LogP contribution in [0, 0.1) is 0 Å². The van der Waals surface area contributed by atoms with E-state index in [-0.39, 0.29) is 17.1 Å². The summed E-state index contributed by atoms with van der Waals surface area (Å²) < 4.78 is 5.27. The summed E-state index contributed by atoms with van der Waals surface area (Å²) in [5, 5.41) is 14.4. The zero-order valence-corrected chi connectivity index (χ0v) is 11.3. The summed E-state index contributed by atoms with van der Waals surface area (Å²) in [7, 11) is 0. The molecule has 1 aromatic carbocycles. The van der Waals surface area contributed by atoms with Crippen LogP contribution in [-0.2, 0) is 4.74 Å². The van der Waals surface area contributed by atoms with Gasteiger partial charge in [-0.25, -0.2) is 9.59 Å². The molecule has 2 rings (SSSR count). The molecule has 0 aromatic heterocycles. The lowest BCUT2D eigenvalue weighted by molar-refractivity contribution is 0.0499. The number of amides is 2. The minimum absolute atomic E-state index is 0.187. The molecule has 20 heavy (non-hydrogen) atoms. The molecule has 1 fully saturated rings. The minimum atomic E-state index is -0.990. The molecule has 1 heterocycles. The van der Waals surface area contributed by atoms with Gasteiger partial charge in [-0.3, -0.25) is 0 Å². The molecule has 0 aliphatic carbocycles. The number of ether oxygens (including phenoxy) is 1. The van der Waals surface area contributed by atoms with Gasteiger partial charge >= 0.3 is 12.0 Å². The van der Waals surface area contributed by atoms with E-state index >= 15 is 0 Å². The first-order valence-corrected chi connectivity index (χ1v) is 6.49. The van der Waals surface area contributed by atoms with E-state index in [9.17, 15) is 9.59 Å². The zero-order valence-electron chi connectivity index (χ0n) is 11.3. The molecule has 0 radical (unpaired) electrons. The lowest BCUT2D eigenvalue weighted by Crippen LogP contribution is -2.51. The third kappa shape index (κ3) is 3.71. The van der Waals surface area contributed by atoms with Crippen molar-refractivity contribution in [1.82, 2.24) is 5.32 Å². The number of benzene rings is 1. The fourth-order valence-corrected chi connectivity index (χ4v) is 2.08. The average molecular weight is 278 g/mol. The topological polar surface area (TPSA) is 87.7 Å². The summed E-state index contributed by atoms with van der Waals surface area (Å²) in [6.07, 6.45) is 1.55. The molecule has 0 atom stereocenters. The Kier molecular flexibility index (Phi) is 4.24. The number of rotatable bonds is 3. The van der Waals surface area contributed by atoms with E-state index in [0.717, 1.165) is 12.8 Å². The molecule has 0 unspecified atom stereocenters. The van der Waals surface area contributed by atoms with Crippen LogP contribution in [0.1, 0.15) is 30.1 Å². The number of nitrogens with one attached hydrogen (secondary N) is 2. The van der Waals surface area contributed by atoms with Crippen LogP contribution < -0.4 is 10.6 Å². The van der Waals surface area contributed by atoms with E-state index < -0.39 is 5.97 Å². The second-order valence-electron chi connectivity index (χ2n) is 5.13. The molecule has 2 amide bonds. The van der Waals surface area contributed by atoms with Gasteiger partial charge in [0.2, 0.25) is 0 Å². The lowest BCUT2D eigenvalue weighted by atomic mass is 9.93. The molecule has 1 saturated heterocycles. The zero-order chi connectivity index (χ0) is 14.6. The van der Waals surface area contributed by atoms with E-state index in [0.29, 0.717) is 18.9 Å². The van der Waals surface area contributed by atoms with E-state index in [2.05, 4.69) is 10.6 Å². The quantitative estimate of drug-likeness (QED) is 0.790. The van der Waals surface area contributed by atoms with Gasteiger partial charge in [-0.1, -0.05) is 0 Å². The average Bonchev–Trinajstić information content (AvgIpc) is 2.39. The minimum Gasteiger partial charge on any atom is -0.478 e. The molecule has 1 aromatic rings. The van der Waals surface area contributed by atoms with Crippen molar-refractivity contribution < 1.29 is 19.4 Å². The van der Waals surface area contributed by atoms with Crippen molar-refractivity contribution in [1.29, 1.82) is 0 Å². The number of hydrogen-bond acceptors (Lipinski definition) is 3. The summed E-state index contributed by atoms with van der Waals surface area (Å²) >= 11 is 0. The smallest absolute Gasteiger partial charge is 0.335 e. The predicted molar refractivity (Wildman–Crippen MR) is 74.0 cm³/mol. The van der Waals surface area contributed by atoms with Gasteiger partial charge in [0.15, 0.2) is 0 Å². The number of anilines is 1. The molecular weight excluding hydrogens is 260 g/mol. The summed E-state index contributed by atoms with van der Waals surface area (Å²) in [6.45, 7) is 3.27. The SMILES string of the molecule is CC1(NC(=O)Nc2ccc(C(=O)O)cc2)CCOCC1. The maximum Gasteiger partial charge on any atom is 0.335 e. The standard InChI is InChI=1S/C14H18N2O4/c1-14(6-8-20-9-7-14)16-13(19)15-11-4-2-10(3-5-11)12(17)18/h2-5H,6-9H2,1H3,(H,17,18)(H2,15,16,19). The Morgan fingerprint density at radius 2 is 1.80 bits per heavy atom. The van der Waals surface area contributed by atoms with E-state index in [4.69, 9.17) is 9.84 Å². The molecule has 0 saturated carbocycles. The van der Waals surface area contributed by atoms with Crippen LogP contribution in [0.2, 0.25) is 0 Å². The van der Waals surface area contributed by atoms with Gasteiger partial charge in [-0.2, -0.15) is 0 Å². The summed E-state index contributed by atoms with van der Waals surface area (Å²) in [5.41, 5.74) is 0.485. The second-order valence-corrected chi connectivity index (χ2v) is 5.13. The van der Waals surface area contributed by atoms with Crippen molar-refractivity contribution in [3.63, 3.8) is 0 Å². The summed E-state index contributed by atoms with van der Waals surface area (Å²) in [4.78, 5) is 22.7. The van der Waals surface area contributed by atoms with Gasteiger partial charge in [0.1, 0.15) is 0 Å². The fraction of sp³-hybridized carbons (Fsp3) is 0.429. The Hall–Kier alpha value is -2.08. The molecule has 6 heteroatoms. The number of carbonyl (C=O) groups is 2. The largest absolute Gasteiger partial charge is 0.478 e.